The highest BCUT2D eigenvalue weighted by atomic mass is 16.5. The molecule has 1 N–H and O–H groups in total. The Balaban J connectivity index is 2.22. The zero-order chi connectivity index (χ0) is 14.8. The molecule has 0 aromatic rings. The van der Waals surface area contributed by atoms with Gasteiger partial charge in [-0.05, 0) is 63.8 Å². The van der Waals surface area contributed by atoms with Gasteiger partial charge < -0.3 is 4.74 Å². The zero-order valence-electron chi connectivity index (χ0n) is 13.6. The lowest BCUT2D eigenvalue weighted by molar-refractivity contribution is 0.0162. The predicted molar refractivity (Wildman–Crippen MR) is 83.5 cm³/mol. The Morgan fingerprint density at radius 2 is 1.95 bits per heavy atom. The van der Waals surface area contributed by atoms with Crippen LogP contribution in [0.3, 0.4) is 0 Å². The molecule has 3 heteroatoms. The van der Waals surface area contributed by atoms with Crippen molar-refractivity contribution in [2.75, 3.05) is 13.2 Å². The molecule has 0 amide bonds. The van der Waals surface area contributed by atoms with E-state index in [2.05, 4.69) is 32.2 Å². The number of nitrogens with zero attached hydrogens (tertiary/aromatic N) is 1. The van der Waals surface area contributed by atoms with E-state index >= 15 is 0 Å². The maximum absolute atomic E-state index is 9.43. The Morgan fingerprint density at radius 3 is 2.50 bits per heavy atom. The van der Waals surface area contributed by atoms with Gasteiger partial charge in [-0.2, -0.15) is 5.26 Å². The van der Waals surface area contributed by atoms with Crippen molar-refractivity contribution in [3.8, 4) is 6.07 Å². The average Bonchev–Trinajstić information content (AvgIpc) is 2.49. The maximum atomic E-state index is 9.43. The van der Waals surface area contributed by atoms with Crippen molar-refractivity contribution in [3.63, 3.8) is 0 Å². The summed E-state index contributed by atoms with van der Waals surface area (Å²) in [5, 5.41) is 12.8. The molecule has 0 aromatic carbocycles. The summed E-state index contributed by atoms with van der Waals surface area (Å²) in [4.78, 5) is 0. The van der Waals surface area contributed by atoms with Gasteiger partial charge in [-0.1, -0.05) is 20.8 Å². The number of nitriles is 1. The van der Waals surface area contributed by atoms with Crippen molar-refractivity contribution >= 4 is 0 Å². The van der Waals surface area contributed by atoms with Gasteiger partial charge in [0.2, 0.25) is 0 Å². The quantitative estimate of drug-likeness (QED) is 0.648. The average molecular weight is 280 g/mol. The van der Waals surface area contributed by atoms with Gasteiger partial charge in [0.1, 0.15) is 5.54 Å². The minimum atomic E-state index is -0.347. The molecule has 0 aliphatic heterocycles. The van der Waals surface area contributed by atoms with Crippen LogP contribution in [0.5, 0.6) is 0 Å². The summed E-state index contributed by atoms with van der Waals surface area (Å²) in [7, 11) is 0. The van der Waals surface area contributed by atoms with E-state index in [1.807, 2.05) is 0 Å². The van der Waals surface area contributed by atoms with Crippen molar-refractivity contribution in [1.82, 2.24) is 5.32 Å². The lowest BCUT2D eigenvalue weighted by Crippen LogP contribution is -2.44. The van der Waals surface area contributed by atoms with Crippen molar-refractivity contribution in [2.24, 2.45) is 5.92 Å². The second kappa shape index (κ2) is 9.37. The zero-order valence-corrected chi connectivity index (χ0v) is 13.6. The third kappa shape index (κ3) is 5.81. The third-order valence-corrected chi connectivity index (χ3v) is 4.60. The summed E-state index contributed by atoms with van der Waals surface area (Å²) in [5.41, 5.74) is -0.347. The van der Waals surface area contributed by atoms with Crippen molar-refractivity contribution in [3.05, 3.63) is 0 Å². The molecule has 0 radical (unpaired) electrons. The highest BCUT2D eigenvalue weighted by molar-refractivity contribution is 5.06. The number of rotatable bonds is 9. The first-order valence-electron chi connectivity index (χ1n) is 8.43. The number of hydrogen-bond acceptors (Lipinski definition) is 3. The first kappa shape index (κ1) is 17.5. The largest absolute Gasteiger partial charge is 0.378 e. The summed E-state index contributed by atoms with van der Waals surface area (Å²) in [6.45, 7) is 8.28. The van der Waals surface area contributed by atoms with Crippen LogP contribution in [-0.4, -0.2) is 24.8 Å². The topological polar surface area (TPSA) is 45.0 Å². The first-order valence-corrected chi connectivity index (χ1v) is 8.43. The van der Waals surface area contributed by atoms with Crippen molar-refractivity contribution < 1.29 is 4.74 Å². The van der Waals surface area contributed by atoms with E-state index in [1.54, 1.807) is 0 Å². The standard InChI is InChI=1S/C17H32N2O/c1-4-12-19-17(5-2,14-18)11-6-13-20-16-9-7-15(3)8-10-16/h15-16,19H,4-13H2,1-3H3. The fraction of sp³-hybridized carbons (Fsp3) is 0.941. The van der Waals surface area contributed by atoms with Crippen LogP contribution in [0.2, 0.25) is 0 Å². The molecule has 3 nitrogen and oxygen atoms in total. The fourth-order valence-electron chi connectivity index (χ4n) is 2.95. The van der Waals surface area contributed by atoms with Crippen LogP contribution in [0.25, 0.3) is 0 Å². The Bertz CT molecular complexity index is 292. The molecule has 1 aliphatic carbocycles. The van der Waals surface area contributed by atoms with Crippen LogP contribution in [0.1, 0.15) is 72.1 Å². The van der Waals surface area contributed by atoms with Gasteiger partial charge in [0.15, 0.2) is 0 Å². The lowest BCUT2D eigenvalue weighted by Gasteiger charge is -2.28. The van der Waals surface area contributed by atoms with E-state index < -0.39 is 0 Å². The maximum Gasteiger partial charge on any atom is 0.106 e. The van der Waals surface area contributed by atoms with E-state index in [-0.39, 0.29) is 5.54 Å². The molecule has 0 saturated heterocycles. The Labute approximate surface area is 125 Å². The van der Waals surface area contributed by atoms with Gasteiger partial charge in [-0.15, -0.1) is 0 Å². The molecule has 1 fully saturated rings. The number of hydrogen-bond donors (Lipinski definition) is 1. The smallest absolute Gasteiger partial charge is 0.106 e. The molecule has 0 spiro atoms. The number of nitrogens with one attached hydrogen (secondary N) is 1. The molecule has 0 heterocycles. The molecular formula is C17H32N2O. The van der Waals surface area contributed by atoms with Crippen LogP contribution < -0.4 is 5.32 Å². The van der Waals surface area contributed by atoms with Gasteiger partial charge in [-0.25, -0.2) is 0 Å². The lowest BCUT2D eigenvalue weighted by atomic mass is 9.89. The molecule has 1 aliphatic rings. The van der Waals surface area contributed by atoms with Crippen molar-refractivity contribution in [2.45, 2.75) is 83.8 Å². The van der Waals surface area contributed by atoms with Crippen molar-refractivity contribution in [1.29, 1.82) is 5.26 Å². The summed E-state index contributed by atoms with van der Waals surface area (Å²) in [6, 6.07) is 2.48. The Morgan fingerprint density at radius 1 is 1.25 bits per heavy atom. The van der Waals surface area contributed by atoms with Gasteiger partial charge in [0.05, 0.1) is 12.2 Å². The minimum Gasteiger partial charge on any atom is -0.378 e. The SMILES string of the molecule is CCCNC(C#N)(CC)CCCOC1CCC(C)CC1. The Kier molecular flexibility index (Phi) is 8.18. The van der Waals surface area contributed by atoms with E-state index in [4.69, 9.17) is 4.74 Å². The highest BCUT2D eigenvalue weighted by Crippen LogP contribution is 2.26. The molecule has 20 heavy (non-hydrogen) atoms. The molecule has 0 aromatic heterocycles. The molecule has 1 saturated carbocycles. The van der Waals surface area contributed by atoms with Crippen LogP contribution in [0.4, 0.5) is 0 Å². The normalized spacial score (nSPS) is 25.9. The second-order valence-corrected chi connectivity index (χ2v) is 6.33. The van der Waals surface area contributed by atoms with Gasteiger partial charge >= 0.3 is 0 Å². The summed E-state index contributed by atoms with van der Waals surface area (Å²) in [5.74, 6) is 0.874. The molecule has 0 bridgehead atoms. The number of ether oxygens (including phenoxy) is 1. The molecule has 116 valence electrons. The summed E-state index contributed by atoms with van der Waals surface area (Å²) >= 11 is 0. The van der Waals surface area contributed by atoms with E-state index in [0.717, 1.165) is 44.8 Å². The highest BCUT2D eigenvalue weighted by Gasteiger charge is 2.26. The van der Waals surface area contributed by atoms with Crippen LogP contribution in [0, 0.1) is 17.2 Å². The van der Waals surface area contributed by atoms with E-state index in [1.165, 1.54) is 25.7 Å². The minimum absolute atomic E-state index is 0.347. The predicted octanol–water partition coefficient (Wildman–Crippen LogP) is 4.03. The molecular weight excluding hydrogens is 248 g/mol. The summed E-state index contributed by atoms with van der Waals surface area (Å²) in [6.07, 6.45) is 9.31. The van der Waals surface area contributed by atoms with Crippen LogP contribution in [-0.2, 0) is 4.74 Å². The second-order valence-electron chi connectivity index (χ2n) is 6.33. The molecule has 1 rings (SSSR count). The fourth-order valence-corrected chi connectivity index (χ4v) is 2.95. The van der Waals surface area contributed by atoms with Crippen LogP contribution >= 0.6 is 0 Å². The van der Waals surface area contributed by atoms with Gasteiger partial charge in [0.25, 0.3) is 0 Å². The van der Waals surface area contributed by atoms with Crippen LogP contribution in [0.15, 0.2) is 0 Å². The third-order valence-electron chi connectivity index (χ3n) is 4.60. The summed E-state index contributed by atoms with van der Waals surface area (Å²) < 4.78 is 5.98. The molecule has 1 atom stereocenters. The van der Waals surface area contributed by atoms with E-state index in [9.17, 15) is 5.26 Å². The monoisotopic (exact) mass is 280 g/mol. The Hall–Kier alpha value is -0.590. The van der Waals surface area contributed by atoms with E-state index in [0.29, 0.717) is 6.10 Å². The van der Waals surface area contributed by atoms with Gasteiger partial charge in [-0.3, -0.25) is 5.32 Å². The first-order chi connectivity index (χ1) is 9.65. The molecule has 1 unspecified atom stereocenters. The van der Waals surface area contributed by atoms with Gasteiger partial charge in [0, 0.05) is 6.61 Å².